The van der Waals surface area contributed by atoms with Crippen LogP contribution >= 0.6 is 0 Å². The van der Waals surface area contributed by atoms with E-state index < -0.39 is 0 Å². The molecule has 0 amide bonds. The van der Waals surface area contributed by atoms with Gasteiger partial charge in [0, 0.05) is 6.54 Å². The van der Waals surface area contributed by atoms with Crippen LogP contribution in [-0.2, 0) is 0 Å². The molecule has 0 aromatic heterocycles. The molecule has 0 bridgehead atoms. The van der Waals surface area contributed by atoms with Crippen molar-refractivity contribution in [3.8, 4) is 0 Å². The lowest BCUT2D eigenvalue weighted by Crippen LogP contribution is -2.10. The van der Waals surface area contributed by atoms with E-state index in [4.69, 9.17) is 0 Å². The highest BCUT2D eigenvalue weighted by atomic mass is 15.0. The summed E-state index contributed by atoms with van der Waals surface area (Å²) >= 11 is 0. The van der Waals surface area contributed by atoms with Gasteiger partial charge in [0.15, 0.2) is 0 Å². The minimum absolute atomic E-state index is 1.08. The summed E-state index contributed by atoms with van der Waals surface area (Å²) in [7, 11) is 4.20. The Morgan fingerprint density at radius 1 is 1.00 bits per heavy atom. The first kappa shape index (κ1) is 11.7. The van der Waals surface area contributed by atoms with Crippen molar-refractivity contribution in [2.45, 2.75) is 39.0 Å². The highest BCUT2D eigenvalue weighted by molar-refractivity contribution is 4.83. The highest BCUT2D eigenvalue weighted by Gasteiger charge is 1.85. The van der Waals surface area contributed by atoms with Crippen molar-refractivity contribution in [1.82, 2.24) is 4.90 Å². The van der Waals surface area contributed by atoms with E-state index in [0.29, 0.717) is 0 Å². The lowest BCUT2D eigenvalue weighted by molar-refractivity contribution is 0.456. The number of rotatable bonds is 7. The van der Waals surface area contributed by atoms with Crippen LogP contribution in [0, 0.1) is 0 Å². The van der Waals surface area contributed by atoms with Crippen molar-refractivity contribution in [3.05, 3.63) is 12.2 Å². The molecular formula is C11H23N. The standard InChI is InChI=1S/C11H23N/c1-4-5-6-7-8-9-10-11-12(2)3/h9-10H,4-8,11H2,1-3H3/b10-9-. The molecule has 72 valence electrons. The molecular weight excluding hydrogens is 146 g/mol. The molecule has 0 spiro atoms. The van der Waals surface area contributed by atoms with Gasteiger partial charge < -0.3 is 4.90 Å². The zero-order chi connectivity index (χ0) is 9.23. The molecule has 0 radical (unpaired) electrons. The van der Waals surface area contributed by atoms with Crippen LogP contribution in [0.3, 0.4) is 0 Å². The van der Waals surface area contributed by atoms with Crippen LogP contribution in [0.5, 0.6) is 0 Å². The molecule has 0 aliphatic carbocycles. The molecule has 0 aliphatic heterocycles. The average Bonchev–Trinajstić information content (AvgIpc) is 2.02. The molecule has 0 atom stereocenters. The van der Waals surface area contributed by atoms with Gasteiger partial charge in [-0.15, -0.1) is 0 Å². The summed E-state index contributed by atoms with van der Waals surface area (Å²) in [5, 5.41) is 0. The second-order valence-electron chi connectivity index (χ2n) is 3.58. The van der Waals surface area contributed by atoms with Gasteiger partial charge in [0.1, 0.15) is 0 Å². The highest BCUT2D eigenvalue weighted by Crippen LogP contribution is 2.02. The second-order valence-corrected chi connectivity index (χ2v) is 3.58. The molecule has 0 aromatic carbocycles. The van der Waals surface area contributed by atoms with Crippen LogP contribution in [0.4, 0.5) is 0 Å². The summed E-state index contributed by atoms with van der Waals surface area (Å²) in [5.74, 6) is 0. The summed E-state index contributed by atoms with van der Waals surface area (Å²) in [6.45, 7) is 3.33. The van der Waals surface area contributed by atoms with Crippen molar-refractivity contribution in [2.24, 2.45) is 0 Å². The number of allylic oxidation sites excluding steroid dienone is 1. The van der Waals surface area contributed by atoms with Crippen molar-refractivity contribution in [3.63, 3.8) is 0 Å². The molecule has 0 aliphatic rings. The number of likely N-dealkylation sites (N-methyl/N-ethyl adjacent to an activating group) is 1. The smallest absolute Gasteiger partial charge is 0.0157 e. The molecule has 0 aromatic rings. The molecule has 1 nitrogen and oxygen atoms in total. The van der Waals surface area contributed by atoms with Crippen molar-refractivity contribution < 1.29 is 0 Å². The number of hydrogen-bond donors (Lipinski definition) is 0. The predicted octanol–water partition coefficient (Wildman–Crippen LogP) is 3.07. The third-order valence-corrected chi connectivity index (χ3v) is 1.86. The van der Waals surface area contributed by atoms with Gasteiger partial charge in [0.2, 0.25) is 0 Å². The Morgan fingerprint density at radius 3 is 2.33 bits per heavy atom. The fourth-order valence-electron chi connectivity index (χ4n) is 1.09. The van der Waals surface area contributed by atoms with Gasteiger partial charge in [-0.05, 0) is 26.9 Å². The minimum atomic E-state index is 1.08. The largest absolute Gasteiger partial charge is 0.306 e. The van der Waals surface area contributed by atoms with Crippen molar-refractivity contribution in [1.29, 1.82) is 0 Å². The lowest BCUT2D eigenvalue weighted by Gasteiger charge is -2.03. The maximum atomic E-state index is 2.30. The molecule has 0 saturated carbocycles. The van der Waals surface area contributed by atoms with Crippen LogP contribution < -0.4 is 0 Å². The van der Waals surface area contributed by atoms with E-state index in [2.05, 4.69) is 38.1 Å². The first-order chi connectivity index (χ1) is 5.77. The quantitative estimate of drug-likeness (QED) is 0.418. The van der Waals surface area contributed by atoms with Gasteiger partial charge in [-0.2, -0.15) is 0 Å². The third-order valence-electron chi connectivity index (χ3n) is 1.86. The van der Waals surface area contributed by atoms with E-state index in [-0.39, 0.29) is 0 Å². The first-order valence-electron chi connectivity index (χ1n) is 5.07. The summed E-state index contributed by atoms with van der Waals surface area (Å²) in [4.78, 5) is 2.18. The Labute approximate surface area is 77.5 Å². The summed E-state index contributed by atoms with van der Waals surface area (Å²) in [6.07, 6.45) is 11.3. The van der Waals surface area contributed by atoms with E-state index in [1.807, 2.05) is 0 Å². The Hall–Kier alpha value is -0.300. The van der Waals surface area contributed by atoms with Crippen LogP contribution in [0.1, 0.15) is 39.0 Å². The Kier molecular flexibility index (Phi) is 8.57. The van der Waals surface area contributed by atoms with Crippen molar-refractivity contribution >= 4 is 0 Å². The summed E-state index contributed by atoms with van der Waals surface area (Å²) in [6, 6.07) is 0. The summed E-state index contributed by atoms with van der Waals surface area (Å²) in [5.41, 5.74) is 0. The van der Waals surface area contributed by atoms with Gasteiger partial charge in [0.05, 0.1) is 0 Å². The number of hydrogen-bond acceptors (Lipinski definition) is 1. The molecule has 1 heteroatoms. The maximum Gasteiger partial charge on any atom is 0.0157 e. The van der Waals surface area contributed by atoms with Crippen molar-refractivity contribution in [2.75, 3.05) is 20.6 Å². The normalized spacial score (nSPS) is 11.7. The summed E-state index contributed by atoms with van der Waals surface area (Å²) < 4.78 is 0. The third kappa shape index (κ3) is 9.70. The topological polar surface area (TPSA) is 3.24 Å². The predicted molar refractivity (Wildman–Crippen MR) is 56.5 cm³/mol. The zero-order valence-electron chi connectivity index (χ0n) is 8.84. The molecule has 0 fully saturated rings. The van der Waals surface area contributed by atoms with Gasteiger partial charge in [-0.1, -0.05) is 38.3 Å². The molecule has 0 N–H and O–H groups in total. The Bertz CT molecular complexity index is 106. The SMILES string of the molecule is CCCCCC/C=C\CN(C)C. The van der Waals surface area contributed by atoms with E-state index in [1.165, 1.54) is 32.1 Å². The Morgan fingerprint density at radius 2 is 1.75 bits per heavy atom. The number of unbranched alkanes of at least 4 members (excludes halogenated alkanes) is 4. The van der Waals surface area contributed by atoms with Gasteiger partial charge in [-0.3, -0.25) is 0 Å². The lowest BCUT2D eigenvalue weighted by atomic mass is 10.1. The Balaban J connectivity index is 3.03. The molecule has 12 heavy (non-hydrogen) atoms. The van der Waals surface area contributed by atoms with E-state index >= 15 is 0 Å². The molecule has 0 rings (SSSR count). The number of nitrogens with zero attached hydrogens (tertiary/aromatic N) is 1. The van der Waals surface area contributed by atoms with Gasteiger partial charge >= 0.3 is 0 Å². The first-order valence-corrected chi connectivity index (χ1v) is 5.07. The van der Waals surface area contributed by atoms with Gasteiger partial charge in [-0.25, -0.2) is 0 Å². The van der Waals surface area contributed by atoms with E-state index in [9.17, 15) is 0 Å². The fraction of sp³-hybridized carbons (Fsp3) is 0.818. The minimum Gasteiger partial charge on any atom is -0.306 e. The maximum absolute atomic E-state index is 2.30. The van der Waals surface area contributed by atoms with Gasteiger partial charge in [0.25, 0.3) is 0 Å². The molecule has 0 unspecified atom stereocenters. The zero-order valence-corrected chi connectivity index (χ0v) is 8.84. The molecule has 0 heterocycles. The fourth-order valence-corrected chi connectivity index (χ4v) is 1.09. The molecule has 0 saturated heterocycles. The van der Waals surface area contributed by atoms with Crippen LogP contribution in [0.2, 0.25) is 0 Å². The van der Waals surface area contributed by atoms with Crippen LogP contribution in [0.25, 0.3) is 0 Å². The average molecular weight is 169 g/mol. The van der Waals surface area contributed by atoms with E-state index in [1.54, 1.807) is 0 Å². The van der Waals surface area contributed by atoms with E-state index in [0.717, 1.165) is 6.54 Å². The van der Waals surface area contributed by atoms with Crippen LogP contribution in [-0.4, -0.2) is 25.5 Å². The second kappa shape index (κ2) is 8.79. The monoisotopic (exact) mass is 169 g/mol. The van der Waals surface area contributed by atoms with Crippen LogP contribution in [0.15, 0.2) is 12.2 Å².